The molecule has 2 aromatic rings. The minimum absolute atomic E-state index is 0.0727. The van der Waals surface area contributed by atoms with E-state index in [4.69, 9.17) is 5.10 Å². The maximum atomic E-state index is 13.0. The standard InChI is InChI=1S/C24H28N4O3/c1-16-10-11-21(17(2)13-16)28-22(18-7-4-3-5-8-18)14-20(25-28)23(29)26-27-12-6-9-19(15-27)24(30)31/h3-5,7-8,10-11,13,19,22H,6,9,12,14-15H2,1-2H3,(H,26,29)(H,30,31). The lowest BCUT2D eigenvalue weighted by atomic mass is 9.99. The molecule has 31 heavy (non-hydrogen) atoms. The summed E-state index contributed by atoms with van der Waals surface area (Å²) in [5, 5.41) is 17.7. The van der Waals surface area contributed by atoms with E-state index in [1.165, 1.54) is 5.56 Å². The number of nitrogens with zero attached hydrogens (tertiary/aromatic N) is 3. The zero-order valence-corrected chi connectivity index (χ0v) is 17.9. The van der Waals surface area contributed by atoms with Crippen LogP contribution in [-0.2, 0) is 9.59 Å². The van der Waals surface area contributed by atoms with Crippen molar-refractivity contribution in [3.05, 3.63) is 65.2 Å². The van der Waals surface area contributed by atoms with Gasteiger partial charge >= 0.3 is 5.97 Å². The zero-order chi connectivity index (χ0) is 22.0. The number of piperidine rings is 1. The number of benzene rings is 2. The third-order valence-corrected chi connectivity index (χ3v) is 5.99. The lowest BCUT2D eigenvalue weighted by molar-refractivity contribution is -0.145. The number of hydrazone groups is 1. The van der Waals surface area contributed by atoms with E-state index in [0.717, 1.165) is 23.2 Å². The summed E-state index contributed by atoms with van der Waals surface area (Å²) in [6.45, 7) is 5.07. The van der Waals surface area contributed by atoms with Gasteiger partial charge in [0.1, 0.15) is 5.71 Å². The van der Waals surface area contributed by atoms with E-state index in [2.05, 4.69) is 43.5 Å². The summed E-state index contributed by atoms with van der Waals surface area (Å²) in [6.07, 6.45) is 1.86. The van der Waals surface area contributed by atoms with Gasteiger partial charge in [0.15, 0.2) is 0 Å². The zero-order valence-electron chi connectivity index (χ0n) is 17.9. The van der Waals surface area contributed by atoms with E-state index < -0.39 is 11.9 Å². The number of carbonyl (C=O) groups excluding carboxylic acids is 1. The van der Waals surface area contributed by atoms with Crippen LogP contribution in [0.4, 0.5) is 5.69 Å². The molecule has 0 spiro atoms. The lowest BCUT2D eigenvalue weighted by Crippen LogP contribution is -2.50. The number of carbonyl (C=O) groups is 2. The summed E-state index contributed by atoms with van der Waals surface area (Å²) in [7, 11) is 0. The summed E-state index contributed by atoms with van der Waals surface area (Å²) in [4.78, 5) is 24.4. The first-order valence-electron chi connectivity index (χ1n) is 10.7. The van der Waals surface area contributed by atoms with Crippen molar-refractivity contribution in [2.75, 3.05) is 18.1 Å². The van der Waals surface area contributed by atoms with Crippen LogP contribution in [0.5, 0.6) is 0 Å². The highest BCUT2D eigenvalue weighted by Gasteiger charge is 2.34. The second kappa shape index (κ2) is 8.89. The molecule has 2 atom stereocenters. The molecule has 2 N–H and O–H groups in total. The second-order valence-corrected chi connectivity index (χ2v) is 8.38. The third kappa shape index (κ3) is 4.61. The molecular formula is C24H28N4O3. The number of carboxylic acids is 1. The van der Waals surface area contributed by atoms with Crippen molar-refractivity contribution >= 4 is 23.3 Å². The Morgan fingerprint density at radius 3 is 2.61 bits per heavy atom. The molecule has 0 radical (unpaired) electrons. The molecule has 2 aromatic carbocycles. The Bertz CT molecular complexity index is 1010. The molecule has 2 aliphatic heterocycles. The van der Waals surface area contributed by atoms with Gasteiger partial charge in [-0.3, -0.25) is 20.0 Å². The number of aryl methyl sites for hydroxylation is 2. The molecule has 7 heteroatoms. The van der Waals surface area contributed by atoms with Gasteiger partial charge < -0.3 is 5.11 Å². The van der Waals surface area contributed by atoms with Crippen molar-refractivity contribution in [1.82, 2.24) is 10.4 Å². The largest absolute Gasteiger partial charge is 0.481 e. The van der Waals surface area contributed by atoms with Gasteiger partial charge in [0, 0.05) is 19.5 Å². The number of nitrogens with one attached hydrogen (secondary N) is 1. The Morgan fingerprint density at radius 2 is 1.90 bits per heavy atom. The van der Waals surface area contributed by atoms with Crippen molar-refractivity contribution in [2.45, 2.75) is 39.2 Å². The van der Waals surface area contributed by atoms with Crippen molar-refractivity contribution in [3.8, 4) is 0 Å². The predicted octanol–water partition coefficient (Wildman–Crippen LogP) is 3.44. The van der Waals surface area contributed by atoms with Crippen LogP contribution >= 0.6 is 0 Å². The predicted molar refractivity (Wildman–Crippen MR) is 120 cm³/mol. The highest BCUT2D eigenvalue weighted by Crippen LogP contribution is 2.37. The number of carboxylic acid groups (broad SMARTS) is 1. The normalized spacial score (nSPS) is 21.6. The number of rotatable bonds is 5. The summed E-state index contributed by atoms with van der Waals surface area (Å²) in [6, 6.07) is 16.2. The first-order chi connectivity index (χ1) is 14.9. The molecular weight excluding hydrogens is 392 g/mol. The van der Waals surface area contributed by atoms with Crippen LogP contribution in [0.25, 0.3) is 0 Å². The molecule has 0 saturated carbocycles. The van der Waals surface area contributed by atoms with E-state index in [-0.39, 0.29) is 11.9 Å². The van der Waals surface area contributed by atoms with Gasteiger partial charge in [0.2, 0.25) is 0 Å². The molecule has 4 rings (SSSR count). The highest BCUT2D eigenvalue weighted by atomic mass is 16.4. The van der Waals surface area contributed by atoms with Gasteiger partial charge in [-0.2, -0.15) is 5.10 Å². The smallest absolute Gasteiger partial charge is 0.307 e. The number of hydrogen-bond acceptors (Lipinski definition) is 5. The molecule has 7 nitrogen and oxygen atoms in total. The van der Waals surface area contributed by atoms with Gasteiger partial charge in [-0.1, -0.05) is 48.0 Å². The van der Waals surface area contributed by atoms with E-state index in [9.17, 15) is 14.7 Å². The monoisotopic (exact) mass is 420 g/mol. The summed E-state index contributed by atoms with van der Waals surface area (Å²) in [5.74, 6) is -1.54. The number of anilines is 1. The topological polar surface area (TPSA) is 85.2 Å². The van der Waals surface area contributed by atoms with E-state index in [1.807, 2.05) is 29.3 Å². The number of hydrazine groups is 1. The molecule has 1 amide bonds. The third-order valence-electron chi connectivity index (χ3n) is 5.99. The molecule has 2 aliphatic rings. The average molecular weight is 421 g/mol. The molecule has 2 unspecified atom stereocenters. The average Bonchev–Trinajstić information content (AvgIpc) is 3.20. The van der Waals surface area contributed by atoms with Crippen LogP contribution in [0.2, 0.25) is 0 Å². The van der Waals surface area contributed by atoms with Crippen molar-refractivity contribution in [3.63, 3.8) is 0 Å². The quantitative estimate of drug-likeness (QED) is 0.774. The maximum Gasteiger partial charge on any atom is 0.307 e. The van der Waals surface area contributed by atoms with Crippen molar-refractivity contribution in [1.29, 1.82) is 0 Å². The van der Waals surface area contributed by atoms with Gasteiger partial charge in [0.05, 0.1) is 17.6 Å². The van der Waals surface area contributed by atoms with E-state index in [1.54, 1.807) is 5.01 Å². The SMILES string of the molecule is Cc1ccc(N2N=C(C(=O)NN3CCCC(C(=O)O)C3)CC2c2ccccc2)c(C)c1. The molecule has 0 aliphatic carbocycles. The van der Waals surface area contributed by atoms with Crippen molar-refractivity contribution in [2.24, 2.45) is 11.0 Å². The van der Waals surface area contributed by atoms with Crippen LogP contribution in [0.3, 0.4) is 0 Å². The molecule has 0 aromatic heterocycles. The fourth-order valence-corrected chi connectivity index (χ4v) is 4.36. The molecule has 162 valence electrons. The Hall–Kier alpha value is -3.19. The van der Waals surface area contributed by atoms with Crippen LogP contribution in [0, 0.1) is 19.8 Å². The number of amides is 1. The van der Waals surface area contributed by atoms with E-state index >= 15 is 0 Å². The highest BCUT2D eigenvalue weighted by molar-refractivity contribution is 6.39. The van der Waals surface area contributed by atoms with Crippen LogP contribution in [-0.4, -0.2) is 40.8 Å². The van der Waals surface area contributed by atoms with Gasteiger partial charge in [-0.15, -0.1) is 0 Å². The molecule has 0 bridgehead atoms. The Labute approximate surface area is 182 Å². The molecule has 1 fully saturated rings. The maximum absolute atomic E-state index is 13.0. The number of hydrogen-bond donors (Lipinski definition) is 2. The second-order valence-electron chi connectivity index (χ2n) is 8.38. The van der Waals surface area contributed by atoms with Gasteiger partial charge in [0.25, 0.3) is 5.91 Å². The first kappa shape index (κ1) is 21.1. The summed E-state index contributed by atoms with van der Waals surface area (Å²) in [5.41, 5.74) is 7.69. The minimum atomic E-state index is -0.817. The molecule has 1 saturated heterocycles. The summed E-state index contributed by atoms with van der Waals surface area (Å²) >= 11 is 0. The van der Waals surface area contributed by atoms with Crippen LogP contribution in [0.15, 0.2) is 53.6 Å². The first-order valence-corrected chi connectivity index (χ1v) is 10.7. The van der Waals surface area contributed by atoms with Gasteiger partial charge in [-0.25, -0.2) is 5.01 Å². The Balaban J connectivity index is 1.57. The fraction of sp³-hybridized carbons (Fsp3) is 0.375. The number of aliphatic carboxylic acids is 1. The molecule has 2 heterocycles. The minimum Gasteiger partial charge on any atom is -0.481 e. The van der Waals surface area contributed by atoms with Gasteiger partial charge in [-0.05, 0) is 43.9 Å². The van der Waals surface area contributed by atoms with E-state index in [0.29, 0.717) is 31.6 Å². The van der Waals surface area contributed by atoms with Crippen molar-refractivity contribution < 1.29 is 14.7 Å². The van der Waals surface area contributed by atoms with Crippen LogP contribution < -0.4 is 10.4 Å². The summed E-state index contributed by atoms with van der Waals surface area (Å²) < 4.78 is 0. The van der Waals surface area contributed by atoms with Crippen LogP contribution in [0.1, 0.15) is 42.0 Å². The lowest BCUT2D eigenvalue weighted by Gasteiger charge is -2.30. The Kier molecular flexibility index (Phi) is 6.04. The Morgan fingerprint density at radius 1 is 1.13 bits per heavy atom. The fourth-order valence-electron chi connectivity index (χ4n) is 4.36.